The van der Waals surface area contributed by atoms with Crippen molar-refractivity contribution >= 4 is 5.69 Å². The Hall–Kier alpha value is -1.02. The summed E-state index contributed by atoms with van der Waals surface area (Å²) in [5.74, 6) is 0.822. The van der Waals surface area contributed by atoms with Crippen molar-refractivity contribution in [1.82, 2.24) is 4.90 Å². The normalized spacial score (nSPS) is 26.9. The zero-order chi connectivity index (χ0) is 11.5. The second kappa shape index (κ2) is 4.88. The van der Waals surface area contributed by atoms with E-state index in [0.717, 1.165) is 18.2 Å². The number of nitrogens with two attached hydrogens (primary N) is 1. The highest BCUT2D eigenvalue weighted by molar-refractivity contribution is 5.39. The summed E-state index contributed by atoms with van der Waals surface area (Å²) >= 11 is 0. The number of hydrogen-bond acceptors (Lipinski definition) is 2. The van der Waals surface area contributed by atoms with Crippen molar-refractivity contribution in [2.24, 2.45) is 5.92 Å². The number of nitrogens with zero attached hydrogens (tertiary/aromatic N) is 1. The average molecular weight is 218 g/mol. The smallest absolute Gasteiger partial charge is 0.0314 e. The third-order valence-electron chi connectivity index (χ3n) is 3.87. The van der Waals surface area contributed by atoms with Crippen LogP contribution in [0.4, 0.5) is 5.69 Å². The Morgan fingerprint density at radius 2 is 1.94 bits per heavy atom. The lowest BCUT2D eigenvalue weighted by Gasteiger charge is -2.38. The fraction of sp³-hybridized carbons (Fsp3) is 0.571. The summed E-state index contributed by atoms with van der Waals surface area (Å²) in [5, 5.41) is 0. The third kappa shape index (κ3) is 2.56. The Bertz CT molecular complexity index is 331. The highest BCUT2D eigenvalue weighted by atomic mass is 15.2. The highest BCUT2D eigenvalue weighted by Gasteiger charge is 2.24. The minimum absolute atomic E-state index is 0.700. The number of nitrogen functional groups attached to an aromatic ring is 1. The molecule has 2 rings (SSSR count). The molecular formula is C14H22N2. The van der Waals surface area contributed by atoms with Crippen molar-refractivity contribution in [1.29, 1.82) is 0 Å². The molecule has 2 N–H and O–H groups in total. The summed E-state index contributed by atoms with van der Waals surface area (Å²) in [5.41, 5.74) is 7.92. The number of anilines is 1. The predicted octanol–water partition coefficient (Wildman–Crippen LogP) is 2.89. The van der Waals surface area contributed by atoms with Gasteiger partial charge in [-0.3, -0.25) is 4.90 Å². The van der Waals surface area contributed by atoms with Crippen molar-refractivity contribution < 1.29 is 0 Å². The van der Waals surface area contributed by atoms with E-state index in [0.29, 0.717) is 6.04 Å². The van der Waals surface area contributed by atoms with Crippen LogP contribution in [0.15, 0.2) is 24.3 Å². The maximum Gasteiger partial charge on any atom is 0.0314 e. The summed E-state index contributed by atoms with van der Waals surface area (Å²) in [6.45, 7) is 7.00. The molecule has 1 aliphatic rings. The summed E-state index contributed by atoms with van der Waals surface area (Å²) in [6.07, 6.45) is 2.71. The van der Waals surface area contributed by atoms with Crippen LogP contribution in [0.5, 0.6) is 0 Å². The third-order valence-corrected chi connectivity index (χ3v) is 3.87. The van der Waals surface area contributed by atoms with Crippen LogP contribution in [0.3, 0.4) is 0 Å². The minimum Gasteiger partial charge on any atom is -0.399 e. The van der Waals surface area contributed by atoms with Crippen LogP contribution in [-0.2, 0) is 6.54 Å². The molecule has 16 heavy (non-hydrogen) atoms. The van der Waals surface area contributed by atoms with E-state index in [2.05, 4.69) is 30.9 Å². The van der Waals surface area contributed by atoms with Crippen LogP contribution in [-0.4, -0.2) is 17.5 Å². The number of rotatable bonds is 2. The second-order valence-electron chi connectivity index (χ2n) is 5.07. The van der Waals surface area contributed by atoms with Gasteiger partial charge in [0.1, 0.15) is 0 Å². The molecule has 2 unspecified atom stereocenters. The van der Waals surface area contributed by atoms with Gasteiger partial charge in [0.25, 0.3) is 0 Å². The molecule has 1 heterocycles. The second-order valence-corrected chi connectivity index (χ2v) is 5.07. The first kappa shape index (κ1) is 11.5. The standard InChI is InChI=1S/C14H22N2/c1-11-4-3-9-16(12(11)2)10-13-5-7-14(15)8-6-13/h5-8,11-12H,3-4,9-10,15H2,1-2H3. The Morgan fingerprint density at radius 3 is 2.62 bits per heavy atom. The van der Waals surface area contributed by atoms with Gasteiger partial charge in [-0.2, -0.15) is 0 Å². The van der Waals surface area contributed by atoms with E-state index in [9.17, 15) is 0 Å². The molecule has 88 valence electrons. The van der Waals surface area contributed by atoms with E-state index in [1.165, 1.54) is 24.9 Å². The molecule has 1 aromatic carbocycles. The maximum absolute atomic E-state index is 5.70. The van der Waals surface area contributed by atoms with Crippen LogP contribution >= 0.6 is 0 Å². The monoisotopic (exact) mass is 218 g/mol. The van der Waals surface area contributed by atoms with Gasteiger partial charge in [0.2, 0.25) is 0 Å². The molecule has 0 spiro atoms. The number of likely N-dealkylation sites (tertiary alicyclic amines) is 1. The van der Waals surface area contributed by atoms with E-state index in [-0.39, 0.29) is 0 Å². The minimum atomic E-state index is 0.700. The van der Waals surface area contributed by atoms with E-state index in [1.54, 1.807) is 0 Å². The van der Waals surface area contributed by atoms with Gasteiger partial charge in [0.15, 0.2) is 0 Å². The van der Waals surface area contributed by atoms with Crippen molar-refractivity contribution in [2.45, 2.75) is 39.3 Å². The fourth-order valence-electron chi connectivity index (χ4n) is 2.50. The van der Waals surface area contributed by atoms with Gasteiger partial charge in [0.05, 0.1) is 0 Å². The molecular weight excluding hydrogens is 196 g/mol. The van der Waals surface area contributed by atoms with E-state index in [1.807, 2.05) is 12.1 Å². The molecule has 0 bridgehead atoms. The average Bonchev–Trinajstić information content (AvgIpc) is 2.28. The van der Waals surface area contributed by atoms with Crippen molar-refractivity contribution in [3.05, 3.63) is 29.8 Å². The molecule has 0 amide bonds. The van der Waals surface area contributed by atoms with Crippen molar-refractivity contribution in [3.63, 3.8) is 0 Å². The van der Waals surface area contributed by atoms with Crippen LogP contribution in [0.25, 0.3) is 0 Å². The summed E-state index contributed by atoms with van der Waals surface area (Å²) < 4.78 is 0. The van der Waals surface area contributed by atoms with E-state index in [4.69, 9.17) is 5.73 Å². The molecule has 0 saturated carbocycles. The summed E-state index contributed by atoms with van der Waals surface area (Å²) in [6, 6.07) is 8.97. The lowest BCUT2D eigenvalue weighted by Crippen LogP contribution is -2.41. The molecule has 2 heteroatoms. The van der Waals surface area contributed by atoms with Gasteiger partial charge in [0, 0.05) is 18.3 Å². The zero-order valence-electron chi connectivity index (χ0n) is 10.3. The predicted molar refractivity (Wildman–Crippen MR) is 69.1 cm³/mol. The molecule has 0 aromatic heterocycles. The van der Waals surface area contributed by atoms with Gasteiger partial charge in [-0.1, -0.05) is 19.1 Å². The highest BCUT2D eigenvalue weighted by Crippen LogP contribution is 2.24. The van der Waals surface area contributed by atoms with Gasteiger partial charge in [-0.25, -0.2) is 0 Å². The van der Waals surface area contributed by atoms with Crippen LogP contribution in [0, 0.1) is 5.92 Å². The first-order valence-corrected chi connectivity index (χ1v) is 6.25. The Balaban J connectivity index is 2.00. The van der Waals surface area contributed by atoms with E-state index >= 15 is 0 Å². The molecule has 0 aliphatic carbocycles. The number of hydrogen-bond donors (Lipinski definition) is 1. The summed E-state index contributed by atoms with van der Waals surface area (Å²) in [4.78, 5) is 2.58. The Morgan fingerprint density at radius 1 is 1.25 bits per heavy atom. The van der Waals surface area contributed by atoms with E-state index < -0.39 is 0 Å². The zero-order valence-corrected chi connectivity index (χ0v) is 10.3. The molecule has 2 nitrogen and oxygen atoms in total. The van der Waals surface area contributed by atoms with Crippen LogP contribution < -0.4 is 5.73 Å². The lowest BCUT2D eigenvalue weighted by molar-refractivity contribution is 0.106. The van der Waals surface area contributed by atoms with Crippen molar-refractivity contribution in [3.8, 4) is 0 Å². The van der Waals surface area contributed by atoms with Gasteiger partial charge in [-0.05, 0) is 49.9 Å². The quantitative estimate of drug-likeness (QED) is 0.773. The van der Waals surface area contributed by atoms with Gasteiger partial charge in [-0.15, -0.1) is 0 Å². The first-order valence-electron chi connectivity index (χ1n) is 6.25. The number of benzene rings is 1. The lowest BCUT2D eigenvalue weighted by atomic mass is 9.92. The molecule has 2 atom stereocenters. The van der Waals surface area contributed by atoms with Crippen LogP contribution in [0.1, 0.15) is 32.3 Å². The van der Waals surface area contributed by atoms with Crippen molar-refractivity contribution in [2.75, 3.05) is 12.3 Å². The molecule has 1 aliphatic heterocycles. The molecule has 1 aromatic rings. The Kier molecular flexibility index (Phi) is 3.49. The maximum atomic E-state index is 5.70. The molecule has 0 radical (unpaired) electrons. The first-order chi connectivity index (χ1) is 7.66. The largest absolute Gasteiger partial charge is 0.399 e. The topological polar surface area (TPSA) is 29.3 Å². The van der Waals surface area contributed by atoms with Crippen LogP contribution in [0.2, 0.25) is 0 Å². The van der Waals surface area contributed by atoms with Gasteiger partial charge < -0.3 is 5.73 Å². The molecule has 1 fully saturated rings. The SMILES string of the molecule is CC1CCCN(Cc2ccc(N)cc2)C1C. The Labute approximate surface area is 98.4 Å². The van der Waals surface area contributed by atoms with Gasteiger partial charge >= 0.3 is 0 Å². The summed E-state index contributed by atoms with van der Waals surface area (Å²) in [7, 11) is 0. The fourth-order valence-corrected chi connectivity index (χ4v) is 2.50. The number of piperidine rings is 1. The molecule has 1 saturated heterocycles.